The van der Waals surface area contributed by atoms with E-state index in [4.69, 9.17) is 19.4 Å². The number of hydrogen-bond donors (Lipinski definition) is 0. The number of nitrogens with zero attached hydrogens (tertiary/aromatic N) is 5. The van der Waals surface area contributed by atoms with Crippen LogP contribution in [0.5, 0.6) is 0 Å². The molecule has 1 fully saturated rings. The fourth-order valence-electron chi connectivity index (χ4n) is 3.84. The van der Waals surface area contributed by atoms with Crippen molar-refractivity contribution in [1.82, 2.24) is 19.8 Å². The molecule has 0 aliphatic carbocycles. The molecule has 0 atom stereocenters. The van der Waals surface area contributed by atoms with Crippen molar-refractivity contribution >= 4 is 26.1 Å². The maximum atomic E-state index is 12.5. The molecule has 3 heterocycles. The molecule has 184 valence electrons. The summed E-state index contributed by atoms with van der Waals surface area (Å²) in [5, 5.41) is 0. The van der Waals surface area contributed by atoms with Gasteiger partial charge in [-0.25, -0.2) is 14.6 Å². The van der Waals surface area contributed by atoms with Crippen molar-refractivity contribution in [3.63, 3.8) is 0 Å². The third-order valence-electron chi connectivity index (χ3n) is 5.73. The molecule has 9 nitrogen and oxygen atoms in total. The van der Waals surface area contributed by atoms with E-state index in [1.807, 2.05) is 27.7 Å². The minimum Gasteiger partial charge on any atom is -0.450 e. The van der Waals surface area contributed by atoms with Crippen molar-refractivity contribution in [3.8, 4) is 0 Å². The fraction of sp³-hybridized carbons (Fsp3) is 0.739. The average molecular weight is 478 g/mol. The minimum atomic E-state index is -1.23. The van der Waals surface area contributed by atoms with Gasteiger partial charge in [0.05, 0.1) is 30.2 Å². The van der Waals surface area contributed by atoms with Crippen LogP contribution in [0.1, 0.15) is 37.9 Å². The lowest BCUT2D eigenvalue weighted by atomic mass is 10.1. The molecule has 3 rings (SSSR count). The Morgan fingerprint density at radius 1 is 0.939 bits per heavy atom. The van der Waals surface area contributed by atoms with Crippen LogP contribution in [0, 0.1) is 6.92 Å². The van der Waals surface area contributed by atoms with Gasteiger partial charge < -0.3 is 24.2 Å². The molecule has 1 aromatic heterocycles. The van der Waals surface area contributed by atoms with Crippen molar-refractivity contribution in [1.29, 1.82) is 0 Å². The highest BCUT2D eigenvalue weighted by atomic mass is 28.3. The van der Waals surface area contributed by atoms with Crippen LogP contribution in [0.2, 0.25) is 25.7 Å². The van der Waals surface area contributed by atoms with E-state index < -0.39 is 13.7 Å². The Morgan fingerprint density at radius 2 is 1.61 bits per heavy atom. The van der Waals surface area contributed by atoms with Gasteiger partial charge in [-0.1, -0.05) is 19.6 Å². The summed E-state index contributed by atoms with van der Waals surface area (Å²) in [6.07, 6.45) is 0.129. The maximum absolute atomic E-state index is 12.5. The van der Waals surface area contributed by atoms with E-state index in [0.717, 1.165) is 28.9 Å². The molecular formula is C23H39N5O4Si. The highest BCUT2D eigenvalue weighted by molar-refractivity contribution is 6.76. The van der Waals surface area contributed by atoms with Crippen LogP contribution in [0.15, 0.2) is 0 Å². The van der Waals surface area contributed by atoms with E-state index in [1.54, 1.807) is 9.80 Å². The van der Waals surface area contributed by atoms with Gasteiger partial charge in [0.15, 0.2) is 5.82 Å². The molecule has 0 unspecified atom stereocenters. The quantitative estimate of drug-likeness (QED) is 0.611. The number of amides is 2. The van der Waals surface area contributed by atoms with Crippen LogP contribution >= 0.6 is 0 Å². The van der Waals surface area contributed by atoms with Crippen LogP contribution in [-0.2, 0) is 22.4 Å². The number of piperazine rings is 1. The van der Waals surface area contributed by atoms with E-state index in [-0.39, 0.29) is 12.2 Å². The molecule has 10 heteroatoms. The molecule has 0 radical (unpaired) electrons. The van der Waals surface area contributed by atoms with Gasteiger partial charge in [0.1, 0.15) is 5.60 Å². The largest absolute Gasteiger partial charge is 0.450 e. The number of rotatable bonds is 4. The molecule has 0 N–H and O–H groups in total. The highest BCUT2D eigenvalue weighted by Gasteiger charge is 2.29. The molecular weight excluding hydrogens is 438 g/mol. The summed E-state index contributed by atoms with van der Waals surface area (Å²) in [6.45, 7) is 18.4. The first-order valence-corrected chi connectivity index (χ1v) is 15.5. The van der Waals surface area contributed by atoms with Gasteiger partial charge in [-0.2, -0.15) is 0 Å². The number of aryl methyl sites for hydroxylation is 1. The lowest BCUT2D eigenvalue weighted by Crippen LogP contribution is -2.50. The molecule has 2 aliphatic heterocycles. The van der Waals surface area contributed by atoms with E-state index >= 15 is 0 Å². The van der Waals surface area contributed by atoms with Gasteiger partial charge in [-0.05, 0) is 33.7 Å². The Morgan fingerprint density at radius 3 is 2.21 bits per heavy atom. The SMILES string of the molecule is Cc1nc2c(nc1N1CCN(C(=O)OC(C)(C)C)CC1)CCN(C(=O)OCC[Si](C)(C)C)C2. The molecule has 1 saturated heterocycles. The number of anilines is 1. The maximum Gasteiger partial charge on any atom is 0.410 e. The number of hydrogen-bond acceptors (Lipinski definition) is 7. The lowest BCUT2D eigenvalue weighted by Gasteiger charge is -2.37. The average Bonchev–Trinajstić information content (AvgIpc) is 2.70. The first-order valence-electron chi connectivity index (χ1n) is 11.8. The predicted molar refractivity (Wildman–Crippen MR) is 130 cm³/mol. The third-order valence-corrected chi connectivity index (χ3v) is 7.43. The fourth-order valence-corrected chi connectivity index (χ4v) is 4.55. The van der Waals surface area contributed by atoms with E-state index in [2.05, 4.69) is 24.5 Å². The summed E-state index contributed by atoms with van der Waals surface area (Å²) < 4.78 is 11.0. The first-order chi connectivity index (χ1) is 15.3. The van der Waals surface area contributed by atoms with Crippen LogP contribution < -0.4 is 4.90 Å². The summed E-state index contributed by atoms with van der Waals surface area (Å²) >= 11 is 0. The van der Waals surface area contributed by atoms with E-state index in [9.17, 15) is 9.59 Å². The molecule has 33 heavy (non-hydrogen) atoms. The summed E-state index contributed by atoms with van der Waals surface area (Å²) in [5.74, 6) is 0.865. The molecule has 0 bridgehead atoms. The zero-order valence-corrected chi connectivity index (χ0v) is 22.2. The molecule has 0 saturated carbocycles. The van der Waals surface area contributed by atoms with Crippen molar-refractivity contribution < 1.29 is 19.1 Å². The Balaban J connectivity index is 1.58. The summed E-state index contributed by atoms with van der Waals surface area (Å²) in [6, 6.07) is 0.965. The zero-order chi connectivity index (χ0) is 24.4. The molecule has 0 aromatic carbocycles. The van der Waals surface area contributed by atoms with Gasteiger partial charge in [-0.15, -0.1) is 0 Å². The Labute approximate surface area is 198 Å². The topological polar surface area (TPSA) is 88.1 Å². The number of fused-ring (bicyclic) bond motifs is 1. The smallest absolute Gasteiger partial charge is 0.410 e. The Bertz CT molecular complexity index is 873. The predicted octanol–water partition coefficient (Wildman–Crippen LogP) is 3.68. The van der Waals surface area contributed by atoms with E-state index in [1.165, 1.54) is 0 Å². The van der Waals surface area contributed by atoms with Crippen molar-refractivity contribution in [2.75, 3.05) is 44.2 Å². The zero-order valence-electron chi connectivity index (χ0n) is 21.2. The van der Waals surface area contributed by atoms with Gasteiger partial charge in [0.25, 0.3) is 0 Å². The van der Waals surface area contributed by atoms with E-state index in [0.29, 0.717) is 52.3 Å². The van der Waals surface area contributed by atoms with Gasteiger partial charge in [0, 0.05) is 47.2 Å². The molecule has 2 amide bonds. The summed E-state index contributed by atoms with van der Waals surface area (Å²) in [4.78, 5) is 40.2. The molecule has 0 spiro atoms. The van der Waals surface area contributed by atoms with Crippen molar-refractivity contribution in [3.05, 3.63) is 17.1 Å². The number of aromatic nitrogens is 2. The summed E-state index contributed by atoms with van der Waals surface area (Å²) in [5.41, 5.74) is 2.13. The van der Waals surface area contributed by atoms with Gasteiger partial charge >= 0.3 is 12.2 Å². The van der Waals surface area contributed by atoms with Crippen molar-refractivity contribution in [2.24, 2.45) is 0 Å². The van der Waals surface area contributed by atoms with Crippen LogP contribution in [0.25, 0.3) is 0 Å². The Hall–Kier alpha value is -2.36. The highest BCUT2D eigenvalue weighted by Crippen LogP contribution is 2.24. The second-order valence-corrected chi connectivity index (χ2v) is 16.7. The van der Waals surface area contributed by atoms with Gasteiger partial charge in [-0.3, -0.25) is 4.98 Å². The third kappa shape index (κ3) is 7.06. The normalized spacial score (nSPS) is 17.0. The molecule has 2 aliphatic rings. The Kier molecular flexibility index (Phi) is 7.55. The van der Waals surface area contributed by atoms with Crippen molar-refractivity contribution in [2.45, 2.75) is 71.9 Å². The lowest BCUT2D eigenvalue weighted by molar-refractivity contribution is 0.0240. The standard InChI is InChI=1S/C23H39N5O4Si/c1-17-20(26-10-12-27(13-11-26)22(30)32-23(2,3)4)25-18-8-9-28(16-19(18)24-17)21(29)31-14-15-33(5,6)7/h8-16H2,1-7H3. The minimum absolute atomic E-state index is 0.263. The van der Waals surface area contributed by atoms with Gasteiger partial charge in [0.2, 0.25) is 0 Å². The van der Waals surface area contributed by atoms with Crippen LogP contribution in [0.3, 0.4) is 0 Å². The summed E-state index contributed by atoms with van der Waals surface area (Å²) in [7, 11) is -1.23. The number of carbonyl (C=O) groups excluding carboxylic acids is 2. The van der Waals surface area contributed by atoms with Crippen LogP contribution in [0.4, 0.5) is 15.4 Å². The molecule has 1 aromatic rings. The monoisotopic (exact) mass is 477 g/mol. The second-order valence-electron chi connectivity index (χ2n) is 11.1. The first kappa shape index (κ1) is 25.3. The number of carbonyl (C=O) groups is 2. The number of ether oxygens (including phenoxy) is 2. The second kappa shape index (κ2) is 9.86. The van der Waals surface area contributed by atoms with Crippen LogP contribution in [-0.4, -0.2) is 85.0 Å².